The maximum Gasteiger partial charge on any atom is 0.0478 e. The third-order valence-corrected chi connectivity index (χ3v) is 3.93. The summed E-state index contributed by atoms with van der Waals surface area (Å²) in [4.78, 5) is 2.40. The molecular formula is C13H18Cl2N2. The molecule has 2 nitrogen and oxygen atoms in total. The van der Waals surface area contributed by atoms with E-state index in [1.807, 2.05) is 12.1 Å². The average molecular weight is 273 g/mol. The zero-order chi connectivity index (χ0) is 12.4. The molecule has 0 saturated heterocycles. The van der Waals surface area contributed by atoms with Crippen molar-refractivity contribution in [1.82, 2.24) is 4.90 Å². The van der Waals surface area contributed by atoms with E-state index in [9.17, 15) is 0 Å². The maximum absolute atomic E-state index is 6.24. The molecule has 1 atom stereocenters. The van der Waals surface area contributed by atoms with Crippen molar-refractivity contribution in [2.24, 2.45) is 5.73 Å². The molecule has 1 aliphatic heterocycles. The van der Waals surface area contributed by atoms with Gasteiger partial charge in [0.05, 0.1) is 0 Å². The van der Waals surface area contributed by atoms with Gasteiger partial charge in [-0.3, -0.25) is 4.90 Å². The Morgan fingerprint density at radius 1 is 1.41 bits per heavy atom. The van der Waals surface area contributed by atoms with Gasteiger partial charge in [-0.1, -0.05) is 36.5 Å². The lowest BCUT2D eigenvalue weighted by Gasteiger charge is -2.23. The lowest BCUT2D eigenvalue weighted by atomic mass is 10.0. The van der Waals surface area contributed by atoms with Crippen molar-refractivity contribution in [2.75, 3.05) is 13.1 Å². The molecule has 0 bridgehead atoms. The molecule has 1 aliphatic rings. The lowest BCUT2D eigenvalue weighted by Crippen LogP contribution is -2.28. The van der Waals surface area contributed by atoms with Gasteiger partial charge in [0, 0.05) is 29.2 Å². The number of benzene rings is 1. The Morgan fingerprint density at radius 2 is 2.18 bits per heavy atom. The van der Waals surface area contributed by atoms with Crippen LogP contribution in [-0.2, 0) is 6.54 Å². The number of unbranched alkanes of at least 4 members (excludes halogenated alkanes) is 1. The highest BCUT2D eigenvalue weighted by molar-refractivity contribution is 6.35. The Hall–Kier alpha value is -0.280. The minimum Gasteiger partial charge on any atom is -0.329 e. The number of nitrogens with zero attached hydrogens (tertiary/aromatic N) is 1. The summed E-state index contributed by atoms with van der Waals surface area (Å²) in [6, 6.07) is 4.10. The topological polar surface area (TPSA) is 29.3 Å². The molecule has 1 heterocycles. The first-order chi connectivity index (χ1) is 8.17. The van der Waals surface area contributed by atoms with Crippen LogP contribution in [0.5, 0.6) is 0 Å². The zero-order valence-electron chi connectivity index (χ0n) is 10.0. The second-order valence-corrected chi connectivity index (χ2v) is 5.37. The van der Waals surface area contributed by atoms with Crippen LogP contribution < -0.4 is 5.73 Å². The van der Waals surface area contributed by atoms with Crippen LogP contribution >= 0.6 is 23.2 Å². The van der Waals surface area contributed by atoms with Crippen LogP contribution in [-0.4, -0.2) is 18.0 Å². The van der Waals surface area contributed by atoms with Crippen molar-refractivity contribution in [3.63, 3.8) is 0 Å². The van der Waals surface area contributed by atoms with Crippen LogP contribution in [0.1, 0.15) is 36.9 Å². The summed E-state index contributed by atoms with van der Waals surface area (Å²) < 4.78 is 0. The fourth-order valence-corrected chi connectivity index (χ4v) is 3.04. The largest absolute Gasteiger partial charge is 0.329 e. The van der Waals surface area contributed by atoms with Crippen LogP contribution in [0.4, 0.5) is 0 Å². The third-order valence-electron chi connectivity index (χ3n) is 3.38. The smallest absolute Gasteiger partial charge is 0.0478 e. The molecule has 94 valence electrons. The lowest BCUT2D eigenvalue weighted by molar-refractivity contribution is 0.217. The molecule has 1 unspecified atom stereocenters. The van der Waals surface area contributed by atoms with E-state index in [0.717, 1.165) is 18.1 Å². The first-order valence-corrected chi connectivity index (χ1v) is 6.85. The van der Waals surface area contributed by atoms with E-state index >= 15 is 0 Å². The van der Waals surface area contributed by atoms with E-state index in [1.165, 1.54) is 24.0 Å². The summed E-state index contributed by atoms with van der Waals surface area (Å²) in [6.07, 6.45) is 2.38. The third kappa shape index (κ3) is 2.60. The standard InChI is InChI=1S/C13H18Cl2N2/c1-2-3-4-17-8-11-10(13(17)7-16)5-9(14)6-12(11)15/h5-6,13H,2-4,7-8,16H2,1H3. The molecule has 0 saturated carbocycles. The van der Waals surface area contributed by atoms with Crippen molar-refractivity contribution in [1.29, 1.82) is 0 Å². The van der Waals surface area contributed by atoms with Gasteiger partial charge in [-0.25, -0.2) is 0 Å². The molecule has 4 heteroatoms. The van der Waals surface area contributed by atoms with Gasteiger partial charge in [-0.05, 0) is 36.2 Å². The number of nitrogens with two attached hydrogens (primary N) is 1. The summed E-state index contributed by atoms with van der Waals surface area (Å²) in [5.41, 5.74) is 8.29. The summed E-state index contributed by atoms with van der Waals surface area (Å²) in [5, 5.41) is 1.47. The normalized spacial score (nSPS) is 19.6. The number of hydrogen-bond donors (Lipinski definition) is 1. The minimum atomic E-state index is 0.271. The van der Waals surface area contributed by atoms with Gasteiger partial charge in [0.25, 0.3) is 0 Å². The fraction of sp³-hybridized carbons (Fsp3) is 0.538. The molecule has 1 aromatic carbocycles. The van der Waals surface area contributed by atoms with Crippen LogP contribution in [0.25, 0.3) is 0 Å². The van der Waals surface area contributed by atoms with Crippen molar-refractivity contribution in [2.45, 2.75) is 32.4 Å². The molecule has 0 fully saturated rings. The Kier molecular flexibility index (Phi) is 4.31. The predicted octanol–water partition coefficient (Wildman–Crippen LogP) is 3.61. The van der Waals surface area contributed by atoms with E-state index in [0.29, 0.717) is 11.6 Å². The van der Waals surface area contributed by atoms with Crippen LogP contribution in [0.15, 0.2) is 12.1 Å². The molecule has 17 heavy (non-hydrogen) atoms. The van der Waals surface area contributed by atoms with E-state index in [4.69, 9.17) is 28.9 Å². The van der Waals surface area contributed by atoms with Crippen LogP contribution in [0.3, 0.4) is 0 Å². The monoisotopic (exact) mass is 272 g/mol. The van der Waals surface area contributed by atoms with E-state index < -0.39 is 0 Å². The van der Waals surface area contributed by atoms with E-state index in [2.05, 4.69) is 11.8 Å². The molecule has 0 aromatic heterocycles. The molecule has 2 N–H and O–H groups in total. The van der Waals surface area contributed by atoms with Crippen molar-refractivity contribution >= 4 is 23.2 Å². The maximum atomic E-state index is 6.24. The first kappa shape index (κ1) is 13.2. The second-order valence-electron chi connectivity index (χ2n) is 4.53. The molecule has 0 radical (unpaired) electrons. The summed E-state index contributed by atoms with van der Waals surface area (Å²) >= 11 is 12.3. The van der Waals surface area contributed by atoms with Gasteiger partial charge in [0.2, 0.25) is 0 Å². The van der Waals surface area contributed by atoms with Gasteiger partial charge < -0.3 is 5.73 Å². The molecular weight excluding hydrogens is 255 g/mol. The summed E-state index contributed by atoms with van der Waals surface area (Å²) in [6.45, 7) is 4.78. The highest BCUT2D eigenvalue weighted by atomic mass is 35.5. The number of halogens is 2. The highest BCUT2D eigenvalue weighted by Gasteiger charge is 2.30. The fourth-order valence-electron chi connectivity index (χ4n) is 2.47. The Balaban J connectivity index is 2.28. The van der Waals surface area contributed by atoms with Gasteiger partial charge in [0.1, 0.15) is 0 Å². The van der Waals surface area contributed by atoms with Crippen LogP contribution in [0.2, 0.25) is 10.0 Å². The van der Waals surface area contributed by atoms with Gasteiger partial charge >= 0.3 is 0 Å². The number of fused-ring (bicyclic) bond motifs is 1. The Bertz CT molecular complexity index is 407. The van der Waals surface area contributed by atoms with Crippen molar-refractivity contribution in [3.05, 3.63) is 33.3 Å². The van der Waals surface area contributed by atoms with E-state index in [1.54, 1.807) is 0 Å². The Labute approximate surface area is 113 Å². The number of hydrogen-bond acceptors (Lipinski definition) is 2. The van der Waals surface area contributed by atoms with Crippen molar-refractivity contribution in [3.8, 4) is 0 Å². The highest BCUT2D eigenvalue weighted by Crippen LogP contribution is 2.38. The quantitative estimate of drug-likeness (QED) is 0.908. The SMILES string of the molecule is CCCCN1Cc2c(Cl)cc(Cl)cc2C1CN. The van der Waals surface area contributed by atoms with E-state index in [-0.39, 0.29) is 6.04 Å². The Morgan fingerprint density at radius 3 is 2.82 bits per heavy atom. The zero-order valence-corrected chi connectivity index (χ0v) is 11.6. The molecule has 2 rings (SSSR count). The van der Waals surface area contributed by atoms with Crippen molar-refractivity contribution < 1.29 is 0 Å². The van der Waals surface area contributed by atoms with Gasteiger partial charge in [-0.15, -0.1) is 0 Å². The molecule has 0 amide bonds. The van der Waals surface area contributed by atoms with Gasteiger partial charge in [-0.2, -0.15) is 0 Å². The molecule has 1 aromatic rings. The summed E-state index contributed by atoms with van der Waals surface area (Å²) in [7, 11) is 0. The van der Waals surface area contributed by atoms with Gasteiger partial charge in [0.15, 0.2) is 0 Å². The summed E-state index contributed by atoms with van der Waals surface area (Å²) in [5.74, 6) is 0. The molecule has 0 spiro atoms. The molecule has 0 aliphatic carbocycles. The predicted molar refractivity (Wildman–Crippen MR) is 73.6 cm³/mol. The number of rotatable bonds is 4. The minimum absolute atomic E-state index is 0.271. The first-order valence-electron chi connectivity index (χ1n) is 6.09. The van der Waals surface area contributed by atoms with Crippen LogP contribution in [0, 0.1) is 0 Å². The average Bonchev–Trinajstić information content (AvgIpc) is 2.64. The second kappa shape index (κ2) is 5.57.